The lowest BCUT2D eigenvalue weighted by Crippen LogP contribution is -2.49. The van der Waals surface area contributed by atoms with E-state index < -0.39 is 0 Å². The minimum Gasteiger partial charge on any atom is -0.375 e. The zero-order valence-corrected chi connectivity index (χ0v) is 17.3. The Bertz CT molecular complexity index is 896. The molecule has 1 heterocycles. The normalized spacial score (nSPS) is 19.1. The second-order valence-electron chi connectivity index (χ2n) is 7.67. The molecular weight excluding hydrogens is 370 g/mol. The second-order valence-corrected chi connectivity index (χ2v) is 7.67. The fourth-order valence-corrected chi connectivity index (χ4v) is 3.81. The minimum atomic E-state index is -0.00144. The standard InChI is InChI=1S/C27H29NO2/c1-4-11-23(12-5-1)19-28-18-10-17-27(30-21-25-15-8-3-9-16-25)26(28)22-29-20-24-13-6-2-7-14-24/h1-17,26-27H,18-22H2/t26-,27-/m0/s1. The fraction of sp³-hybridized carbons (Fsp3) is 0.259. The third-order valence-corrected chi connectivity index (χ3v) is 5.43. The third-order valence-electron chi connectivity index (χ3n) is 5.43. The molecule has 0 aliphatic carbocycles. The molecule has 0 spiro atoms. The molecule has 1 aliphatic heterocycles. The van der Waals surface area contributed by atoms with E-state index in [9.17, 15) is 0 Å². The van der Waals surface area contributed by atoms with Crippen LogP contribution in [0.25, 0.3) is 0 Å². The summed E-state index contributed by atoms with van der Waals surface area (Å²) in [6.45, 7) is 3.64. The Hall–Kier alpha value is -2.72. The van der Waals surface area contributed by atoms with Crippen molar-refractivity contribution in [2.75, 3.05) is 13.2 Å². The monoisotopic (exact) mass is 399 g/mol. The van der Waals surface area contributed by atoms with E-state index >= 15 is 0 Å². The van der Waals surface area contributed by atoms with Gasteiger partial charge in [0.2, 0.25) is 0 Å². The summed E-state index contributed by atoms with van der Waals surface area (Å²) in [6, 6.07) is 31.5. The van der Waals surface area contributed by atoms with Crippen LogP contribution in [0, 0.1) is 0 Å². The topological polar surface area (TPSA) is 21.7 Å². The Morgan fingerprint density at radius 1 is 0.700 bits per heavy atom. The minimum absolute atomic E-state index is 0.00144. The van der Waals surface area contributed by atoms with Gasteiger partial charge in [-0.2, -0.15) is 0 Å². The zero-order chi connectivity index (χ0) is 20.4. The first-order valence-electron chi connectivity index (χ1n) is 10.6. The Kier molecular flexibility index (Phi) is 7.46. The van der Waals surface area contributed by atoms with Crippen LogP contribution >= 0.6 is 0 Å². The van der Waals surface area contributed by atoms with Gasteiger partial charge in [-0.25, -0.2) is 0 Å². The molecule has 154 valence electrons. The molecule has 0 aromatic heterocycles. The van der Waals surface area contributed by atoms with Crippen molar-refractivity contribution in [2.24, 2.45) is 0 Å². The van der Waals surface area contributed by atoms with Crippen molar-refractivity contribution in [2.45, 2.75) is 31.9 Å². The Morgan fingerprint density at radius 2 is 1.27 bits per heavy atom. The van der Waals surface area contributed by atoms with Gasteiger partial charge < -0.3 is 9.47 Å². The van der Waals surface area contributed by atoms with Gasteiger partial charge >= 0.3 is 0 Å². The fourth-order valence-electron chi connectivity index (χ4n) is 3.81. The smallest absolute Gasteiger partial charge is 0.0938 e. The van der Waals surface area contributed by atoms with Crippen LogP contribution in [0.4, 0.5) is 0 Å². The van der Waals surface area contributed by atoms with Gasteiger partial charge in [-0.1, -0.05) is 103 Å². The van der Waals surface area contributed by atoms with Gasteiger partial charge in [-0.15, -0.1) is 0 Å². The molecular formula is C27H29NO2. The SMILES string of the molecule is C1=C[C@H](OCc2ccccc2)[C@H](COCc2ccccc2)N(Cc2ccccc2)C1. The molecule has 30 heavy (non-hydrogen) atoms. The van der Waals surface area contributed by atoms with E-state index in [1.54, 1.807) is 0 Å². The van der Waals surface area contributed by atoms with Crippen molar-refractivity contribution in [1.82, 2.24) is 4.90 Å². The molecule has 0 N–H and O–H groups in total. The van der Waals surface area contributed by atoms with E-state index in [1.807, 2.05) is 12.1 Å². The van der Waals surface area contributed by atoms with Crippen molar-refractivity contribution in [3.05, 3.63) is 120 Å². The first-order chi connectivity index (χ1) is 14.9. The van der Waals surface area contributed by atoms with Crippen LogP contribution in [0.5, 0.6) is 0 Å². The molecule has 2 atom stereocenters. The molecule has 4 rings (SSSR count). The molecule has 0 bridgehead atoms. The number of ether oxygens (including phenoxy) is 2. The molecule has 0 saturated heterocycles. The van der Waals surface area contributed by atoms with Crippen molar-refractivity contribution in [1.29, 1.82) is 0 Å². The molecule has 3 aromatic rings. The number of rotatable bonds is 9. The Morgan fingerprint density at radius 3 is 1.90 bits per heavy atom. The summed E-state index contributed by atoms with van der Waals surface area (Å²) in [5, 5.41) is 0. The van der Waals surface area contributed by atoms with Gasteiger partial charge in [0.25, 0.3) is 0 Å². The third kappa shape index (κ3) is 5.90. The van der Waals surface area contributed by atoms with E-state index in [2.05, 4.69) is 95.9 Å². The van der Waals surface area contributed by atoms with Gasteiger partial charge in [-0.3, -0.25) is 4.90 Å². The highest BCUT2D eigenvalue weighted by Crippen LogP contribution is 2.20. The number of hydrogen-bond donors (Lipinski definition) is 0. The first-order valence-corrected chi connectivity index (χ1v) is 10.6. The van der Waals surface area contributed by atoms with Crippen LogP contribution in [-0.2, 0) is 29.2 Å². The van der Waals surface area contributed by atoms with Gasteiger partial charge in [0.15, 0.2) is 0 Å². The molecule has 0 unspecified atom stereocenters. The van der Waals surface area contributed by atoms with Crippen LogP contribution < -0.4 is 0 Å². The highest BCUT2D eigenvalue weighted by atomic mass is 16.5. The lowest BCUT2D eigenvalue weighted by Gasteiger charge is -2.38. The summed E-state index contributed by atoms with van der Waals surface area (Å²) in [7, 11) is 0. The van der Waals surface area contributed by atoms with Gasteiger partial charge in [0, 0.05) is 13.1 Å². The summed E-state index contributed by atoms with van der Waals surface area (Å²) in [5.74, 6) is 0. The quantitative estimate of drug-likeness (QED) is 0.460. The van der Waals surface area contributed by atoms with Crippen LogP contribution in [0.2, 0.25) is 0 Å². The summed E-state index contributed by atoms with van der Waals surface area (Å²) < 4.78 is 12.5. The van der Waals surface area contributed by atoms with Crippen LogP contribution in [0.3, 0.4) is 0 Å². The molecule has 0 radical (unpaired) electrons. The highest BCUT2D eigenvalue weighted by Gasteiger charge is 2.29. The Labute approximate surface area is 179 Å². The molecule has 3 nitrogen and oxygen atoms in total. The first kappa shape index (κ1) is 20.5. The van der Waals surface area contributed by atoms with E-state index in [-0.39, 0.29) is 12.1 Å². The molecule has 0 fully saturated rings. The van der Waals surface area contributed by atoms with Crippen molar-refractivity contribution in [3.63, 3.8) is 0 Å². The van der Waals surface area contributed by atoms with E-state index in [0.29, 0.717) is 19.8 Å². The second kappa shape index (κ2) is 10.9. The Balaban J connectivity index is 1.43. The van der Waals surface area contributed by atoms with Crippen LogP contribution in [-0.4, -0.2) is 30.2 Å². The van der Waals surface area contributed by atoms with E-state index in [0.717, 1.165) is 13.1 Å². The molecule has 1 aliphatic rings. The number of hydrogen-bond acceptors (Lipinski definition) is 3. The maximum absolute atomic E-state index is 6.34. The lowest BCUT2D eigenvalue weighted by molar-refractivity contribution is -0.0422. The van der Waals surface area contributed by atoms with Crippen LogP contribution in [0.15, 0.2) is 103 Å². The lowest BCUT2D eigenvalue weighted by atomic mass is 10.0. The van der Waals surface area contributed by atoms with Crippen molar-refractivity contribution >= 4 is 0 Å². The molecule has 0 amide bonds. The molecule has 3 aromatic carbocycles. The average molecular weight is 400 g/mol. The van der Waals surface area contributed by atoms with Crippen molar-refractivity contribution in [3.8, 4) is 0 Å². The summed E-state index contributed by atoms with van der Waals surface area (Å²) >= 11 is 0. The van der Waals surface area contributed by atoms with Crippen LogP contribution in [0.1, 0.15) is 16.7 Å². The number of benzene rings is 3. The van der Waals surface area contributed by atoms with Crippen molar-refractivity contribution < 1.29 is 9.47 Å². The zero-order valence-electron chi connectivity index (χ0n) is 17.3. The highest BCUT2D eigenvalue weighted by molar-refractivity contribution is 5.17. The summed E-state index contributed by atoms with van der Waals surface area (Å²) in [4.78, 5) is 2.45. The predicted molar refractivity (Wildman–Crippen MR) is 121 cm³/mol. The summed E-state index contributed by atoms with van der Waals surface area (Å²) in [5.41, 5.74) is 3.69. The molecule has 3 heteroatoms. The molecule has 0 saturated carbocycles. The average Bonchev–Trinajstić information content (AvgIpc) is 2.81. The van der Waals surface area contributed by atoms with E-state index in [1.165, 1.54) is 16.7 Å². The van der Waals surface area contributed by atoms with Gasteiger partial charge in [0.1, 0.15) is 0 Å². The number of nitrogens with zero attached hydrogens (tertiary/aromatic N) is 1. The maximum Gasteiger partial charge on any atom is 0.0938 e. The van der Waals surface area contributed by atoms with Gasteiger partial charge in [-0.05, 0) is 16.7 Å². The summed E-state index contributed by atoms with van der Waals surface area (Å²) in [6.07, 6.45) is 4.41. The van der Waals surface area contributed by atoms with E-state index in [4.69, 9.17) is 9.47 Å². The maximum atomic E-state index is 6.34. The largest absolute Gasteiger partial charge is 0.375 e. The predicted octanol–water partition coefficient (Wildman–Crippen LogP) is 5.23. The van der Waals surface area contributed by atoms with Gasteiger partial charge in [0.05, 0.1) is 32.0 Å².